The third-order valence-electron chi connectivity index (χ3n) is 3.34. The molecule has 1 aromatic carbocycles. The van der Waals surface area contributed by atoms with Crippen LogP contribution in [-0.4, -0.2) is 19.0 Å². The van der Waals surface area contributed by atoms with E-state index < -0.39 is 0 Å². The zero-order valence-corrected chi connectivity index (χ0v) is 12.7. The second-order valence-corrected chi connectivity index (χ2v) is 5.69. The summed E-state index contributed by atoms with van der Waals surface area (Å²) in [5.41, 5.74) is 0.609. The van der Waals surface area contributed by atoms with Gasteiger partial charge in [-0.15, -0.1) is 12.4 Å². The lowest BCUT2D eigenvalue weighted by Gasteiger charge is -2.32. The highest BCUT2D eigenvalue weighted by molar-refractivity contribution is 9.10. The molecule has 1 heterocycles. The molecule has 18 heavy (non-hydrogen) atoms. The van der Waals surface area contributed by atoms with Crippen LogP contribution in [-0.2, 0) is 4.79 Å². The number of halogens is 2. The first-order valence-electron chi connectivity index (χ1n) is 5.88. The van der Waals surface area contributed by atoms with E-state index in [1.54, 1.807) is 0 Å². The molecule has 0 bridgehead atoms. The van der Waals surface area contributed by atoms with E-state index in [-0.39, 0.29) is 23.7 Å². The fourth-order valence-corrected chi connectivity index (χ4v) is 2.45. The Labute approximate surface area is 122 Å². The smallest absolute Gasteiger partial charge is 0.230 e. The predicted molar refractivity (Wildman–Crippen MR) is 80.2 cm³/mol. The second kappa shape index (κ2) is 6.55. The highest BCUT2D eigenvalue weighted by Crippen LogP contribution is 2.29. The fraction of sp³-hybridized carbons (Fsp3) is 0.462. The van der Waals surface area contributed by atoms with Crippen molar-refractivity contribution < 1.29 is 4.79 Å². The van der Waals surface area contributed by atoms with Gasteiger partial charge in [-0.2, -0.15) is 0 Å². The average molecular weight is 334 g/mol. The summed E-state index contributed by atoms with van der Waals surface area (Å²) in [7, 11) is 0. The van der Waals surface area contributed by atoms with Crippen LogP contribution in [0.4, 0.5) is 5.69 Å². The Morgan fingerprint density at radius 3 is 2.67 bits per heavy atom. The number of amides is 1. The second-order valence-electron chi connectivity index (χ2n) is 4.78. The van der Waals surface area contributed by atoms with Crippen LogP contribution in [0, 0.1) is 5.41 Å². The molecule has 5 heteroatoms. The first kappa shape index (κ1) is 15.5. The van der Waals surface area contributed by atoms with Gasteiger partial charge in [0.1, 0.15) is 0 Å². The molecule has 1 fully saturated rings. The molecule has 3 nitrogen and oxygen atoms in total. The quantitative estimate of drug-likeness (QED) is 0.872. The highest BCUT2D eigenvalue weighted by atomic mass is 79.9. The van der Waals surface area contributed by atoms with Gasteiger partial charge in [0.05, 0.1) is 0 Å². The molecular formula is C13H18BrClN2O. The van der Waals surface area contributed by atoms with Gasteiger partial charge in [-0.1, -0.05) is 28.9 Å². The lowest BCUT2D eigenvalue weighted by molar-refractivity contribution is -0.126. The van der Waals surface area contributed by atoms with Crippen LogP contribution in [0.3, 0.4) is 0 Å². The fourth-order valence-electron chi connectivity index (χ4n) is 2.05. The minimum Gasteiger partial charge on any atom is -0.326 e. The Balaban J connectivity index is 0.00000162. The molecule has 0 aromatic heterocycles. The summed E-state index contributed by atoms with van der Waals surface area (Å²) < 4.78 is 0.978. The van der Waals surface area contributed by atoms with Crippen molar-refractivity contribution in [2.24, 2.45) is 5.41 Å². The first-order chi connectivity index (χ1) is 8.10. The van der Waals surface area contributed by atoms with E-state index in [0.717, 1.165) is 36.1 Å². The van der Waals surface area contributed by atoms with E-state index in [1.807, 2.05) is 31.2 Å². The van der Waals surface area contributed by atoms with Gasteiger partial charge in [0.25, 0.3) is 0 Å². The molecule has 2 N–H and O–H groups in total. The van der Waals surface area contributed by atoms with E-state index >= 15 is 0 Å². The van der Waals surface area contributed by atoms with E-state index in [1.165, 1.54) is 0 Å². The summed E-state index contributed by atoms with van der Waals surface area (Å²) in [6.07, 6.45) is 1.79. The van der Waals surface area contributed by atoms with Gasteiger partial charge >= 0.3 is 0 Å². The standard InChI is InChI=1S/C13H17BrN2O.ClH/c1-13(5-7-15-8-6-13)12(17)16-11-4-2-3-10(14)9-11;/h2-4,9,15H,5-8H2,1H3,(H,16,17);1H. The van der Waals surface area contributed by atoms with Crippen molar-refractivity contribution in [2.45, 2.75) is 19.8 Å². The van der Waals surface area contributed by atoms with Gasteiger partial charge in [0, 0.05) is 15.6 Å². The van der Waals surface area contributed by atoms with E-state index in [9.17, 15) is 4.79 Å². The molecule has 0 atom stereocenters. The summed E-state index contributed by atoms with van der Waals surface area (Å²) >= 11 is 3.40. The van der Waals surface area contributed by atoms with Crippen LogP contribution >= 0.6 is 28.3 Å². The Morgan fingerprint density at radius 1 is 1.39 bits per heavy atom. The van der Waals surface area contributed by atoms with Crippen LogP contribution in [0.25, 0.3) is 0 Å². The number of hydrogen-bond acceptors (Lipinski definition) is 2. The van der Waals surface area contributed by atoms with Crippen LogP contribution in [0.2, 0.25) is 0 Å². The Morgan fingerprint density at radius 2 is 2.06 bits per heavy atom. The third-order valence-corrected chi connectivity index (χ3v) is 3.83. The number of anilines is 1. The number of rotatable bonds is 2. The van der Waals surface area contributed by atoms with Crippen LogP contribution in [0.15, 0.2) is 28.7 Å². The molecule has 0 spiro atoms. The topological polar surface area (TPSA) is 41.1 Å². The molecule has 0 aliphatic carbocycles. The predicted octanol–water partition coefficient (Wildman–Crippen LogP) is 3.20. The van der Waals surface area contributed by atoms with Gasteiger partial charge in [0.15, 0.2) is 0 Å². The van der Waals surface area contributed by atoms with E-state index in [0.29, 0.717) is 0 Å². The van der Waals surface area contributed by atoms with Crippen molar-refractivity contribution in [1.29, 1.82) is 0 Å². The largest absolute Gasteiger partial charge is 0.326 e. The van der Waals surface area contributed by atoms with Gasteiger partial charge in [-0.05, 0) is 44.1 Å². The molecule has 1 aromatic rings. The molecule has 100 valence electrons. The number of carbonyl (C=O) groups is 1. The summed E-state index contributed by atoms with van der Waals surface area (Å²) in [4.78, 5) is 12.2. The number of hydrogen-bond donors (Lipinski definition) is 2. The van der Waals surface area contributed by atoms with Crippen LogP contribution < -0.4 is 10.6 Å². The Kier molecular flexibility index (Phi) is 5.63. The third kappa shape index (κ3) is 3.70. The van der Waals surface area contributed by atoms with Crippen molar-refractivity contribution in [3.8, 4) is 0 Å². The molecule has 1 amide bonds. The Hall–Kier alpha value is -0.580. The number of piperidine rings is 1. The zero-order chi connectivity index (χ0) is 12.3. The number of nitrogens with one attached hydrogen (secondary N) is 2. The van der Waals surface area contributed by atoms with Crippen LogP contribution in [0.1, 0.15) is 19.8 Å². The van der Waals surface area contributed by atoms with Crippen molar-refractivity contribution in [1.82, 2.24) is 5.32 Å². The Bertz CT molecular complexity index is 419. The normalized spacial score (nSPS) is 17.7. The summed E-state index contributed by atoms with van der Waals surface area (Å²) in [6, 6.07) is 7.70. The minimum atomic E-state index is -0.242. The lowest BCUT2D eigenvalue weighted by atomic mass is 9.80. The van der Waals surface area contributed by atoms with E-state index in [4.69, 9.17) is 0 Å². The monoisotopic (exact) mass is 332 g/mol. The summed E-state index contributed by atoms with van der Waals surface area (Å²) in [5.74, 6) is 0.122. The van der Waals surface area contributed by atoms with Crippen LogP contribution in [0.5, 0.6) is 0 Å². The summed E-state index contributed by atoms with van der Waals surface area (Å²) in [6.45, 7) is 3.88. The van der Waals surface area contributed by atoms with Gasteiger partial charge in [-0.3, -0.25) is 4.79 Å². The number of benzene rings is 1. The molecular weight excluding hydrogens is 316 g/mol. The maximum absolute atomic E-state index is 12.2. The van der Waals surface area contributed by atoms with Gasteiger partial charge in [0.2, 0.25) is 5.91 Å². The SMILES string of the molecule is CC1(C(=O)Nc2cccc(Br)c2)CCNCC1.Cl. The molecule has 1 aliphatic heterocycles. The molecule has 0 unspecified atom stereocenters. The molecule has 0 radical (unpaired) electrons. The van der Waals surface area contributed by atoms with Gasteiger partial charge in [-0.25, -0.2) is 0 Å². The summed E-state index contributed by atoms with van der Waals surface area (Å²) in [5, 5.41) is 6.28. The minimum absolute atomic E-state index is 0. The number of carbonyl (C=O) groups excluding carboxylic acids is 1. The van der Waals surface area contributed by atoms with Gasteiger partial charge < -0.3 is 10.6 Å². The maximum atomic E-state index is 12.2. The maximum Gasteiger partial charge on any atom is 0.230 e. The highest BCUT2D eigenvalue weighted by Gasteiger charge is 2.34. The molecule has 0 saturated carbocycles. The van der Waals surface area contributed by atoms with Crippen molar-refractivity contribution in [2.75, 3.05) is 18.4 Å². The first-order valence-corrected chi connectivity index (χ1v) is 6.67. The average Bonchev–Trinajstić information content (AvgIpc) is 2.30. The van der Waals surface area contributed by atoms with Crippen molar-refractivity contribution in [3.05, 3.63) is 28.7 Å². The van der Waals surface area contributed by atoms with Crippen molar-refractivity contribution >= 4 is 39.9 Å². The van der Waals surface area contributed by atoms with Crippen molar-refractivity contribution in [3.63, 3.8) is 0 Å². The molecule has 1 aliphatic rings. The molecule has 2 rings (SSSR count). The zero-order valence-electron chi connectivity index (χ0n) is 10.3. The van der Waals surface area contributed by atoms with E-state index in [2.05, 4.69) is 26.6 Å². The lowest BCUT2D eigenvalue weighted by Crippen LogP contribution is -2.42. The molecule has 1 saturated heterocycles.